The number of amides is 4. The van der Waals surface area contributed by atoms with Gasteiger partial charge in [-0.1, -0.05) is 31.9 Å². The third-order valence-corrected chi connectivity index (χ3v) is 11.5. The number of nitrogens with one attached hydrogen (secondary N) is 1. The maximum absolute atomic E-state index is 14.8. The van der Waals surface area contributed by atoms with Crippen molar-refractivity contribution in [3.63, 3.8) is 0 Å². The zero-order valence-corrected chi connectivity index (χ0v) is 37.2. The second-order valence-electron chi connectivity index (χ2n) is 14.6. The lowest BCUT2D eigenvalue weighted by Crippen LogP contribution is -2.50. The number of benzene rings is 2. The van der Waals surface area contributed by atoms with Crippen molar-refractivity contribution in [2.75, 3.05) is 122 Å². The number of cyclic esters (lactones) is 2. The molecule has 18 nitrogen and oxygen atoms in total. The largest absolute Gasteiger partial charge is 0.443 e. The number of halogens is 2. The van der Waals surface area contributed by atoms with Gasteiger partial charge in [0, 0.05) is 71.4 Å². The Kier molecular flexibility index (Phi) is 18.7. The Labute approximate surface area is 372 Å². The molecule has 0 radical (unpaired) electrons. The molecule has 0 saturated carbocycles. The number of sulfone groups is 2. The predicted molar refractivity (Wildman–Crippen MR) is 242 cm³/mol. The molecule has 4 heterocycles. The van der Waals surface area contributed by atoms with E-state index in [9.17, 15) is 44.8 Å². The molecule has 62 heavy (non-hydrogen) atoms. The fourth-order valence-corrected chi connectivity index (χ4v) is 8.16. The van der Waals surface area contributed by atoms with Gasteiger partial charge >= 0.3 is 12.2 Å². The van der Waals surface area contributed by atoms with E-state index in [2.05, 4.69) is 23.4 Å². The monoisotopic (exact) mass is 948 g/mol. The first-order valence-electron chi connectivity index (χ1n) is 18.9. The van der Waals surface area contributed by atoms with Crippen molar-refractivity contribution in [1.82, 2.24) is 15.1 Å². The van der Waals surface area contributed by atoms with E-state index < -0.39 is 72.9 Å². The molecule has 4 saturated heterocycles. The van der Waals surface area contributed by atoms with E-state index in [1.54, 1.807) is 41.0 Å². The highest BCUT2D eigenvalue weighted by molar-refractivity contribution is 7.91. The van der Waals surface area contributed by atoms with Crippen LogP contribution in [0.1, 0.15) is 14.4 Å². The second-order valence-corrected chi connectivity index (χ2v) is 19.4. The van der Waals surface area contributed by atoms with E-state index in [1.807, 2.05) is 0 Å². The lowest BCUT2D eigenvalue weighted by atomic mass is 10.2. The Hall–Kier alpha value is -4.78. The van der Waals surface area contributed by atoms with Crippen LogP contribution in [-0.2, 0) is 38.7 Å². The third-order valence-electron chi connectivity index (χ3n) is 9.79. The highest BCUT2D eigenvalue weighted by atomic mass is 32.2. The first-order chi connectivity index (χ1) is 28.7. The number of carbonyl (C=O) groups excluding carboxylic acids is 4. The fraction of sp³-hybridized carbons (Fsp3) is 0.526. The smallest absolute Gasteiger partial charge is 0.414 e. The Balaban J connectivity index is 0.000000314. The topological polar surface area (TPSA) is 213 Å². The van der Waals surface area contributed by atoms with Crippen LogP contribution >= 0.6 is 24.4 Å². The van der Waals surface area contributed by atoms with E-state index in [1.165, 1.54) is 31.7 Å². The molecule has 0 spiro atoms. The summed E-state index contributed by atoms with van der Waals surface area (Å²) >= 11 is 8.79. The van der Waals surface area contributed by atoms with Gasteiger partial charge in [-0.25, -0.2) is 35.2 Å². The van der Waals surface area contributed by atoms with E-state index in [0.717, 1.165) is 12.5 Å². The van der Waals surface area contributed by atoms with Crippen LogP contribution in [-0.4, -0.2) is 176 Å². The minimum Gasteiger partial charge on any atom is -0.443 e. The number of nitrogens with zero attached hydrogens (tertiary/aromatic N) is 6. The van der Waals surface area contributed by atoms with Crippen molar-refractivity contribution in [2.45, 2.75) is 26.6 Å². The maximum Gasteiger partial charge on any atom is 0.414 e. The standard InChI is InChI=1S/C19H25FN4O5S2.C17H23FN4O5S.CH2S.CH4/c1-13(30)21-10-15-11-24(19(26)29-15)14-3-4-17(16(20)9-14)22-5-7-23(8-6-22)18(25)12-31(2,27)28;1-28(25,26)11-16(23)21-6-4-20(5-7-21)15-3-2-12(8-14(15)18)22-10-13(9-19)27-17(22)24;1-2;/h3-4,9,15H,5-8,10-12H2,1-2H3,(H,21,30);2-3,8,13H,4-7,9-11,19H2,1H3;1H2;1H4/t15-;13-;;/m00../s1. The molecule has 3 N–H and O–H groups in total. The molecule has 4 aliphatic rings. The van der Waals surface area contributed by atoms with Crippen molar-refractivity contribution in [2.24, 2.45) is 5.73 Å². The highest BCUT2D eigenvalue weighted by Crippen LogP contribution is 2.30. The molecule has 2 aromatic carbocycles. The number of rotatable bonds is 11. The van der Waals surface area contributed by atoms with Gasteiger partial charge in [-0.3, -0.25) is 19.4 Å². The molecule has 0 bridgehead atoms. The number of thiocarbonyl (C=S) groups is 2. The van der Waals surface area contributed by atoms with Crippen LogP contribution in [0.15, 0.2) is 36.4 Å². The lowest BCUT2D eigenvalue weighted by molar-refractivity contribution is -0.129. The molecule has 4 amide bonds. The van der Waals surface area contributed by atoms with Gasteiger partial charge < -0.3 is 40.1 Å². The number of ether oxygens (including phenoxy) is 2. The van der Waals surface area contributed by atoms with Crippen LogP contribution in [0, 0.1) is 11.6 Å². The molecule has 0 unspecified atom stereocenters. The average Bonchev–Trinajstić information content (AvgIpc) is 3.78. The van der Waals surface area contributed by atoms with Crippen molar-refractivity contribution < 1.29 is 54.3 Å². The third kappa shape index (κ3) is 14.4. The first-order valence-corrected chi connectivity index (χ1v) is 24.0. The molecule has 6 rings (SSSR count). The Morgan fingerprint density at radius 1 is 0.742 bits per heavy atom. The molecular formula is C38H54F2N8O10S4. The van der Waals surface area contributed by atoms with E-state index >= 15 is 0 Å². The zero-order valence-electron chi connectivity index (χ0n) is 34.0. The maximum atomic E-state index is 14.8. The zero-order chi connectivity index (χ0) is 45.2. The van der Waals surface area contributed by atoms with Crippen molar-refractivity contribution in [3.05, 3.63) is 48.0 Å². The molecule has 4 aliphatic heterocycles. The summed E-state index contributed by atoms with van der Waals surface area (Å²) in [4.78, 5) is 57.9. The van der Waals surface area contributed by atoms with Crippen molar-refractivity contribution in [3.8, 4) is 0 Å². The molecule has 0 aromatic heterocycles. The number of hydrogen-bond donors (Lipinski definition) is 2. The van der Waals surface area contributed by atoms with Crippen LogP contribution in [0.4, 0.5) is 41.1 Å². The predicted octanol–water partition coefficient (Wildman–Crippen LogP) is 1.84. The van der Waals surface area contributed by atoms with E-state index in [4.69, 9.17) is 27.4 Å². The van der Waals surface area contributed by atoms with Crippen LogP contribution in [0.5, 0.6) is 0 Å². The van der Waals surface area contributed by atoms with Crippen LogP contribution in [0.3, 0.4) is 0 Å². The van der Waals surface area contributed by atoms with Gasteiger partial charge in [-0.05, 0) is 49.2 Å². The van der Waals surface area contributed by atoms with Crippen molar-refractivity contribution >= 4 is 102 Å². The fourth-order valence-electron chi connectivity index (χ4n) is 6.82. The van der Waals surface area contributed by atoms with E-state index in [-0.39, 0.29) is 33.2 Å². The normalized spacial score (nSPS) is 19.0. The molecule has 2 atom stereocenters. The summed E-state index contributed by atoms with van der Waals surface area (Å²) in [5.74, 6) is -0.0813. The molecule has 2 aromatic rings. The first kappa shape index (κ1) is 51.6. The van der Waals surface area contributed by atoms with Gasteiger partial charge in [0.1, 0.15) is 35.3 Å². The number of hydrogen-bond acceptors (Lipinski definition) is 15. The van der Waals surface area contributed by atoms with E-state index in [0.29, 0.717) is 86.6 Å². The molecular weight excluding hydrogens is 895 g/mol. The summed E-state index contributed by atoms with van der Waals surface area (Å²) in [6, 6.07) is 9.04. The summed E-state index contributed by atoms with van der Waals surface area (Å²) in [7, 11) is -6.78. The van der Waals surface area contributed by atoms with Crippen LogP contribution in [0.25, 0.3) is 0 Å². The number of piperazine rings is 2. The van der Waals surface area contributed by atoms with Crippen molar-refractivity contribution in [1.29, 1.82) is 0 Å². The van der Waals surface area contributed by atoms with Crippen LogP contribution in [0.2, 0.25) is 0 Å². The molecule has 4 fully saturated rings. The molecule has 24 heteroatoms. The van der Waals surface area contributed by atoms with Gasteiger partial charge in [-0.2, -0.15) is 0 Å². The van der Waals surface area contributed by atoms with Gasteiger partial charge in [0.2, 0.25) is 11.8 Å². The minimum atomic E-state index is -3.39. The summed E-state index contributed by atoms with van der Waals surface area (Å²) in [5.41, 5.74) is 7.02. The SMILES string of the molecule is C.C=S.CC(=S)NC[C@H]1CN(c2ccc(N3CCN(C(=O)CS(C)(=O)=O)CC3)c(F)c2)C(=O)O1.CS(=O)(=O)CC(=O)N1CCN(c2ccc(N3C[C@H](CN)OC3=O)cc2F)CC1. The number of carbonyl (C=O) groups is 4. The molecule has 0 aliphatic carbocycles. The Morgan fingerprint density at radius 2 is 1.11 bits per heavy atom. The quantitative estimate of drug-likeness (QED) is 0.308. The summed E-state index contributed by atoms with van der Waals surface area (Å²) in [5, 5.41) is 2.95. The van der Waals surface area contributed by atoms with Gasteiger partial charge in [0.25, 0.3) is 0 Å². The average molecular weight is 949 g/mol. The lowest BCUT2D eigenvalue weighted by Gasteiger charge is -2.36. The Morgan fingerprint density at radius 3 is 1.44 bits per heavy atom. The number of nitrogens with two attached hydrogens (primary N) is 1. The highest BCUT2D eigenvalue weighted by Gasteiger charge is 2.34. The number of anilines is 4. The summed E-state index contributed by atoms with van der Waals surface area (Å²) in [6.45, 7) is 5.64. The summed E-state index contributed by atoms with van der Waals surface area (Å²) < 4.78 is 85.0. The van der Waals surface area contributed by atoms with Gasteiger partial charge in [-0.15, -0.1) is 0 Å². The van der Waals surface area contributed by atoms with Crippen LogP contribution < -0.4 is 30.7 Å². The van der Waals surface area contributed by atoms with Gasteiger partial charge in [0.15, 0.2) is 19.7 Å². The Bertz CT molecular complexity index is 2170. The minimum absolute atomic E-state index is 0. The van der Waals surface area contributed by atoms with Gasteiger partial charge in [0.05, 0.1) is 47.4 Å². The summed E-state index contributed by atoms with van der Waals surface area (Å²) in [6.07, 6.45) is 0.147. The molecule has 344 valence electrons. The second kappa shape index (κ2) is 22.5.